The van der Waals surface area contributed by atoms with Crippen LogP contribution in [0.2, 0.25) is 0 Å². The molecular formula is C22H25N3O4S. The lowest BCUT2D eigenvalue weighted by Gasteiger charge is -2.10. The SMILES string of the molecule is CSc1ccc(CNc2ncc(-c3ccc(C)c(C)c3)n2C)cc1.O=C(O)C(=O)O. The molecule has 3 rings (SSSR count). The lowest BCUT2D eigenvalue weighted by atomic mass is 10.0. The maximum atomic E-state index is 9.10. The van der Waals surface area contributed by atoms with Crippen molar-refractivity contribution in [1.29, 1.82) is 0 Å². The van der Waals surface area contributed by atoms with E-state index >= 15 is 0 Å². The Balaban J connectivity index is 0.000000469. The van der Waals surface area contributed by atoms with Crippen LogP contribution < -0.4 is 5.32 Å². The zero-order valence-electron chi connectivity index (χ0n) is 17.3. The second-order valence-corrected chi connectivity index (χ2v) is 7.52. The van der Waals surface area contributed by atoms with Crippen molar-refractivity contribution in [3.8, 4) is 11.3 Å². The predicted octanol–water partition coefficient (Wildman–Crippen LogP) is 4.19. The van der Waals surface area contributed by atoms with E-state index in [1.807, 2.05) is 6.20 Å². The molecule has 0 aliphatic carbocycles. The number of aromatic nitrogens is 2. The largest absolute Gasteiger partial charge is 0.473 e. The van der Waals surface area contributed by atoms with Crippen molar-refractivity contribution in [3.63, 3.8) is 0 Å². The van der Waals surface area contributed by atoms with Crippen LogP contribution in [0.15, 0.2) is 53.6 Å². The molecule has 0 spiro atoms. The van der Waals surface area contributed by atoms with Crippen LogP contribution in [0.4, 0.5) is 5.95 Å². The van der Waals surface area contributed by atoms with Gasteiger partial charge in [-0.05, 0) is 55.0 Å². The number of aliphatic carboxylic acids is 2. The molecule has 3 aromatic rings. The molecule has 0 bridgehead atoms. The number of carboxylic acid groups (broad SMARTS) is 2. The fraction of sp³-hybridized carbons (Fsp3) is 0.227. The third-order valence-corrected chi connectivity index (χ3v) is 5.33. The van der Waals surface area contributed by atoms with Crippen LogP contribution in [0, 0.1) is 13.8 Å². The van der Waals surface area contributed by atoms with Crippen LogP contribution >= 0.6 is 11.8 Å². The fourth-order valence-corrected chi connectivity index (χ4v) is 3.08. The Kier molecular flexibility index (Phi) is 8.06. The number of thioether (sulfide) groups is 1. The second kappa shape index (κ2) is 10.5. The summed E-state index contributed by atoms with van der Waals surface area (Å²) in [4.78, 5) is 24.0. The highest BCUT2D eigenvalue weighted by Crippen LogP contribution is 2.24. The molecule has 158 valence electrons. The molecule has 2 aromatic carbocycles. The summed E-state index contributed by atoms with van der Waals surface area (Å²) >= 11 is 1.76. The second-order valence-electron chi connectivity index (χ2n) is 6.64. The quantitative estimate of drug-likeness (QED) is 0.414. The van der Waals surface area contributed by atoms with Crippen molar-refractivity contribution in [2.24, 2.45) is 7.05 Å². The first kappa shape index (κ1) is 23.0. The van der Waals surface area contributed by atoms with Crippen molar-refractivity contribution < 1.29 is 19.8 Å². The average molecular weight is 428 g/mol. The summed E-state index contributed by atoms with van der Waals surface area (Å²) < 4.78 is 2.11. The molecule has 0 saturated carbocycles. The summed E-state index contributed by atoms with van der Waals surface area (Å²) in [6.07, 6.45) is 4.03. The number of hydrogen-bond acceptors (Lipinski definition) is 5. The van der Waals surface area contributed by atoms with Gasteiger partial charge in [0.2, 0.25) is 5.95 Å². The molecule has 30 heavy (non-hydrogen) atoms. The van der Waals surface area contributed by atoms with E-state index < -0.39 is 11.9 Å². The first-order valence-electron chi connectivity index (χ1n) is 9.15. The van der Waals surface area contributed by atoms with E-state index in [0.29, 0.717) is 0 Å². The highest BCUT2D eigenvalue weighted by molar-refractivity contribution is 7.98. The van der Waals surface area contributed by atoms with E-state index in [2.05, 4.69) is 84.5 Å². The van der Waals surface area contributed by atoms with Gasteiger partial charge in [-0.2, -0.15) is 0 Å². The molecule has 0 atom stereocenters. The van der Waals surface area contributed by atoms with E-state index in [1.165, 1.54) is 27.1 Å². The Morgan fingerprint density at radius 2 is 1.67 bits per heavy atom. The molecule has 0 amide bonds. The van der Waals surface area contributed by atoms with E-state index in [4.69, 9.17) is 19.8 Å². The highest BCUT2D eigenvalue weighted by Gasteiger charge is 2.09. The molecule has 1 aromatic heterocycles. The molecule has 1 heterocycles. The number of carboxylic acids is 2. The maximum absolute atomic E-state index is 9.10. The van der Waals surface area contributed by atoms with Gasteiger partial charge in [0, 0.05) is 24.1 Å². The summed E-state index contributed by atoms with van der Waals surface area (Å²) in [7, 11) is 2.05. The monoisotopic (exact) mass is 427 g/mol. The van der Waals surface area contributed by atoms with E-state index in [9.17, 15) is 0 Å². The summed E-state index contributed by atoms with van der Waals surface area (Å²) in [6.45, 7) is 5.05. The number of anilines is 1. The van der Waals surface area contributed by atoms with Gasteiger partial charge in [0.15, 0.2) is 0 Å². The third-order valence-electron chi connectivity index (χ3n) is 4.58. The molecular weight excluding hydrogens is 402 g/mol. The van der Waals surface area contributed by atoms with Crippen LogP contribution in [0.25, 0.3) is 11.3 Å². The van der Waals surface area contributed by atoms with E-state index in [0.717, 1.165) is 18.2 Å². The van der Waals surface area contributed by atoms with Crippen molar-refractivity contribution in [2.45, 2.75) is 25.3 Å². The first-order valence-corrected chi connectivity index (χ1v) is 10.4. The minimum absolute atomic E-state index is 0.770. The lowest BCUT2D eigenvalue weighted by molar-refractivity contribution is -0.159. The molecule has 0 unspecified atom stereocenters. The van der Waals surface area contributed by atoms with Crippen LogP contribution in [-0.4, -0.2) is 38.0 Å². The van der Waals surface area contributed by atoms with Crippen molar-refractivity contribution in [3.05, 3.63) is 65.4 Å². The normalized spacial score (nSPS) is 10.1. The van der Waals surface area contributed by atoms with Gasteiger partial charge >= 0.3 is 11.9 Å². The Morgan fingerprint density at radius 1 is 1.03 bits per heavy atom. The molecule has 7 nitrogen and oxygen atoms in total. The van der Waals surface area contributed by atoms with Crippen LogP contribution in [-0.2, 0) is 23.2 Å². The van der Waals surface area contributed by atoms with Gasteiger partial charge in [0.05, 0.1) is 11.9 Å². The summed E-state index contributed by atoms with van der Waals surface area (Å²) in [6, 6.07) is 15.2. The molecule has 0 radical (unpaired) electrons. The summed E-state index contributed by atoms with van der Waals surface area (Å²) in [5.74, 6) is -2.76. The number of imidazole rings is 1. The third kappa shape index (κ3) is 6.12. The van der Waals surface area contributed by atoms with Crippen molar-refractivity contribution >= 4 is 29.6 Å². The zero-order valence-corrected chi connectivity index (χ0v) is 18.2. The minimum Gasteiger partial charge on any atom is -0.473 e. The molecule has 0 aliphatic heterocycles. The highest BCUT2D eigenvalue weighted by atomic mass is 32.2. The van der Waals surface area contributed by atoms with Gasteiger partial charge in [0.1, 0.15) is 0 Å². The van der Waals surface area contributed by atoms with Crippen molar-refractivity contribution in [2.75, 3.05) is 11.6 Å². The average Bonchev–Trinajstić information content (AvgIpc) is 3.09. The summed E-state index contributed by atoms with van der Waals surface area (Å²) in [5, 5.41) is 18.2. The molecule has 0 aliphatic rings. The van der Waals surface area contributed by atoms with E-state index in [-0.39, 0.29) is 0 Å². The Hall–Kier alpha value is -3.26. The smallest absolute Gasteiger partial charge is 0.414 e. The number of hydrogen-bond donors (Lipinski definition) is 3. The van der Waals surface area contributed by atoms with Gasteiger partial charge in [-0.15, -0.1) is 11.8 Å². The number of benzene rings is 2. The predicted molar refractivity (Wildman–Crippen MR) is 119 cm³/mol. The summed E-state index contributed by atoms with van der Waals surface area (Å²) in [5.41, 5.74) is 6.19. The van der Waals surface area contributed by atoms with Crippen molar-refractivity contribution in [1.82, 2.24) is 9.55 Å². The maximum Gasteiger partial charge on any atom is 0.414 e. The molecule has 0 saturated heterocycles. The zero-order chi connectivity index (χ0) is 22.3. The number of aryl methyl sites for hydroxylation is 2. The number of nitrogens with one attached hydrogen (secondary N) is 1. The van der Waals surface area contributed by atoms with Crippen LogP contribution in [0.5, 0.6) is 0 Å². The standard InChI is InChI=1S/C20H23N3S.C2H2O4/c1-14-5-8-17(11-15(14)2)19-13-22-20(23(19)3)21-12-16-6-9-18(24-4)10-7-16;3-1(4)2(5)6/h5-11,13H,12H2,1-4H3,(H,21,22);(H,3,4)(H,5,6). The van der Waals surface area contributed by atoms with Gasteiger partial charge < -0.3 is 20.1 Å². The van der Waals surface area contributed by atoms with Crippen LogP contribution in [0.3, 0.4) is 0 Å². The number of nitrogens with zero attached hydrogens (tertiary/aromatic N) is 2. The minimum atomic E-state index is -1.82. The Bertz CT molecular complexity index is 1020. The first-order chi connectivity index (χ1) is 14.2. The van der Waals surface area contributed by atoms with E-state index in [1.54, 1.807) is 11.8 Å². The van der Waals surface area contributed by atoms with Gasteiger partial charge in [-0.3, -0.25) is 0 Å². The topological polar surface area (TPSA) is 104 Å². The van der Waals surface area contributed by atoms with Gasteiger partial charge in [-0.25, -0.2) is 14.6 Å². The number of carbonyl (C=O) groups is 2. The number of rotatable bonds is 5. The lowest BCUT2D eigenvalue weighted by Crippen LogP contribution is -2.09. The van der Waals surface area contributed by atoms with Gasteiger partial charge in [-0.1, -0.05) is 24.3 Å². The Labute approximate surface area is 179 Å². The Morgan fingerprint density at radius 3 is 2.20 bits per heavy atom. The molecule has 3 N–H and O–H groups in total. The molecule has 0 fully saturated rings. The molecule has 8 heteroatoms. The fourth-order valence-electron chi connectivity index (χ4n) is 2.67. The van der Waals surface area contributed by atoms with Gasteiger partial charge in [0.25, 0.3) is 0 Å². The van der Waals surface area contributed by atoms with Crippen LogP contribution in [0.1, 0.15) is 16.7 Å².